The molecule has 0 aromatic heterocycles. The number of aliphatic carboxylic acids is 3. The number of quaternary nitrogens is 1. The first kappa shape index (κ1) is 36.1. The Morgan fingerprint density at radius 1 is 0.632 bits per heavy atom. The first-order chi connectivity index (χ1) is 18.0. The van der Waals surface area contributed by atoms with E-state index in [9.17, 15) is 29.7 Å². The van der Waals surface area contributed by atoms with Crippen LogP contribution in [0.2, 0.25) is 0 Å². The van der Waals surface area contributed by atoms with E-state index in [2.05, 4.69) is 19.1 Å². The minimum atomic E-state index is -1.19. The minimum Gasteiger partial charge on any atom is -0.550 e. The Kier molecular flexibility index (Phi) is 20.9. The number of allylic oxidation sites excluding steroid dienone is 2. The smallest absolute Gasteiger partial charge is 0.311 e. The van der Waals surface area contributed by atoms with Gasteiger partial charge in [0.1, 0.15) is 11.8 Å². The standard InChI is InChI=1S/C31H57NO6/c1-5-6-7-8-9-10-11-12-13-14-15-16-17-18-19-20-21-22-32(23-26(2)29(33)34,24-27(3)30(35)36)25-28(4)31(37)38/h14-15,26-28H,5-13,16-25H2,1-4H3,(H2-,33,34,35,36,37,38)/b15-14+. The molecule has 38 heavy (non-hydrogen) atoms. The Labute approximate surface area is 232 Å². The zero-order valence-electron chi connectivity index (χ0n) is 24.8. The Bertz CT molecular complexity index is 622. The van der Waals surface area contributed by atoms with Gasteiger partial charge in [0.15, 0.2) is 0 Å². The van der Waals surface area contributed by atoms with Crippen LogP contribution in [0.15, 0.2) is 12.2 Å². The summed E-state index contributed by atoms with van der Waals surface area (Å²) in [5.74, 6) is -5.26. The SMILES string of the molecule is CCCCCCCCCC/C=C/CCCCCCC[N+](CC(C)C(=O)[O-])(CC(C)C(=O)O)CC(C)C(=O)O. The van der Waals surface area contributed by atoms with Gasteiger partial charge in [-0.1, -0.05) is 83.8 Å². The third kappa shape index (κ3) is 18.4. The lowest BCUT2D eigenvalue weighted by atomic mass is 10.0. The fourth-order valence-corrected chi connectivity index (χ4v) is 5.34. The molecule has 0 saturated carbocycles. The number of carboxylic acids is 3. The van der Waals surface area contributed by atoms with Crippen molar-refractivity contribution in [2.75, 3.05) is 26.2 Å². The van der Waals surface area contributed by atoms with Crippen LogP contribution in [0, 0.1) is 17.8 Å². The van der Waals surface area contributed by atoms with Gasteiger partial charge < -0.3 is 24.6 Å². The lowest BCUT2D eigenvalue weighted by molar-refractivity contribution is -0.934. The Balaban J connectivity index is 4.48. The molecule has 0 amide bonds. The van der Waals surface area contributed by atoms with E-state index >= 15 is 0 Å². The summed E-state index contributed by atoms with van der Waals surface area (Å²) < 4.78 is 0.178. The van der Waals surface area contributed by atoms with Crippen LogP contribution in [-0.4, -0.2) is 58.8 Å². The van der Waals surface area contributed by atoms with Gasteiger partial charge in [-0.3, -0.25) is 9.59 Å². The van der Waals surface area contributed by atoms with Crippen LogP contribution in [0.3, 0.4) is 0 Å². The van der Waals surface area contributed by atoms with Crippen LogP contribution in [0.5, 0.6) is 0 Å². The molecule has 2 N–H and O–H groups in total. The van der Waals surface area contributed by atoms with Crippen molar-refractivity contribution in [3.8, 4) is 0 Å². The van der Waals surface area contributed by atoms with Gasteiger partial charge in [0, 0.05) is 11.9 Å². The summed E-state index contributed by atoms with van der Waals surface area (Å²) in [5, 5.41) is 30.5. The maximum atomic E-state index is 11.6. The molecule has 0 heterocycles. The van der Waals surface area contributed by atoms with Crippen molar-refractivity contribution >= 4 is 17.9 Å². The second kappa shape index (κ2) is 22.0. The van der Waals surface area contributed by atoms with E-state index in [1.165, 1.54) is 57.8 Å². The van der Waals surface area contributed by atoms with Crippen molar-refractivity contribution < 1.29 is 34.2 Å². The normalized spacial score (nSPS) is 15.7. The van der Waals surface area contributed by atoms with E-state index in [4.69, 9.17) is 0 Å². The van der Waals surface area contributed by atoms with Gasteiger partial charge in [-0.2, -0.15) is 0 Å². The molecule has 0 saturated heterocycles. The van der Waals surface area contributed by atoms with Crippen LogP contribution in [0.25, 0.3) is 0 Å². The zero-order chi connectivity index (χ0) is 28.8. The number of carbonyl (C=O) groups excluding carboxylic acids is 1. The molecule has 3 atom stereocenters. The minimum absolute atomic E-state index is 0.178. The molecular formula is C31H57NO6. The lowest BCUT2D eigenvalue weighted by Crippen LogP contribution is -2.58. The van der Waals surface area contributed by atoms with E-state index in [-0.39, 0.29) is 24.1 Å². The molecule has 3 unspecified atom stereocenters. The number of nitrogens with zero attached hydrogens (tertiary/aromatic N) is 1. The molecule has 0 aliphatic heterocycles. The second-order valence-electron chi connectivity index (χ2n) is 11.6. The van der Waals surface area contributed by atoms with E-state index < -0.39 is 35.7 Å². The number of carboxylic acid groups (broad SMARTS) is 3. The average Bonchev–Trinajstić information content (AvgIpc) is 2.85. The van der Waals surface area contributed by atoms with Crippen LogP contribution < -0.4 is 5.11 Å². The Morgan fingerprint density at radius 3 is 1.39 bits per heavy atom. The molecule has 7 nitrogen and oxygen atoms in total. The van der Waals surface area contributed by atoms with Gasteiger partial charge in [-0.15, -0.1) is 0 Å². The zero-order valence-corrected chi connectivity index (χ0v) is 24.8. The molecule has 0 spiro atoms. The highest BCUT2D eigenvalue weighted by Gasteiger charge is 2.36. The molecule has 0 fully saturated rings. The molecule has 0 aromatic rings. The highest BCUT2D eigenvalue weighted by atomic mass is 16.4. The Morgan fingerprint density at radius 2 is 1.00 bits per heavy atom. The third-order valence-corrected chi connectivity index (χ3v) is 7.62. The van der Waals surface area contributed by atoms with Gasteiger partial charge in [0.2, 0.25) is 0 Å². The van der Waals surface area contributed by atoms with E-state index in [0.717, 1.165) is 38.5 Å². The monoisotopic (exact) mass is 539 g/mol. The molecule has 0 bridgehead atoms. The van der Waals surface area contributed by atoms with Gasteiger partial charge in [0.25, 0.3) is 0 Å². The third-order valence-electron chi connectivity index (χ3n) is 7.62. The molecule has 0 aromatic carbocycles. The summed E-state index contributed by atoms with van der Waals surface area (Å²) in [6.45, 7) is 8.21. The van der Waals surface area contributed by atoms with Gasteiger partial charge in [-0.25, -0.2) is 0 Å². The number of carbonyl (C=O) groups is 3. The van der Waals surface area contributed by atoms with Crippen LogP contribution in [0.4, 0.5) is 0 Å². The predicted octanol–water partition coefficient (Wildman–Crippen LogP) is 6.06. The molecule has 7 heteroatoms. The van der Waals surface area contributed by atoms with E-state index in [0.29, 0.717) is 6.54 Å². The van der Waals surface area contributed by atoms with Gasteiger partial charge in [-0.05, 0) is 52.4 Å². The molecular weight excluding hydrogens is 482 g/mol. The molecule has 222 valence electrons. The maximum Gasteiger partial charge on any atom is 0.311 e. The first-order valence-electron chi connectivity index (χ1n) is 15.2. The summed E-state index contributed by atoms with van der Waals surface area (Å²) in [4.78, 5) is 34.7. The number of rotatable bonds is 26. The fraction of sp³-hybridized carbons (Fsp3) is 0.839. The van der Waals surface area contributed by atoms with Crippen LogP contribution in [-0.2, 0) is 14.4 Å². The predicted molar refractivity (Wildman–Crippen MR) is 152 cm³/mol. The summed E-state index contributed by atoms with van der Waals surface area (Å²) in [7, 11) is 0. The molecule has 0 aliphatic rings. The summed E-state index contributed by atoms with van der Waals surface area (Å²) >= 11 is 0. The summed E-state index contributed by atoms with van der Waals surface area (Å²) in [6, 6.07) is 0. The van der Waals surface area contributed by atoms with Crippen LogP contribution in [0.1, 0.15) is 124 Å². The van der Waals surface area contributed by atoms with Crippen molar-refractivity contribution in [1.82, 2.24) is 0 Å². The van der Waals surface area contributed by atoms with Crippen molar-refractivity contribution in [2.24, 2.45) is 17.8 Å². The highest BCUT2D eigenvalue weighted by molar-refractivity contribution is 5.70. The maximum absolute atomic E-state index is 11.6. The molecule has 0 aliphatic carbocycles. The van der Waals surface area contributed by atoms with Gasteiger partial charge >= 0.3 is 11.9 Å². The quantitative estimate of drug-likeness (QED) is 0.0784. The van der Waals surface area contributed by atoms with Crippen molar-refractivity contribution in [1.29, 1.82) is 0 Å². The Hall–Kier alpha value is -1.89. The average molecular weight is 540 g/mol. The topological polar surface area (TPSA) is 115 Å². The van der Waals surface area contributed by atoms with Gasteiger partial charge in [0.05, 0.1) is 26.2 Å². The molecule has 0 radical (unpaired) electrons. The first-order valence-corrected chi connectivity index (χ1v) is 15.2. The van der Waals surface area contributed by atoms with Crippen molar-refractivity contribution in [3.05, 3.63) is 12.2 Å². The van der Waals surface area contributed by atoms with Crippen LogP contribution >= 0.6 is 0 Å². The van der Waals surface area contributed by atoms with Crippen molar-refractivity contribution in [3.63, 3.8) is 0 Å². The highest BCUT2D eigenvalue weighted by Crippen LogP contribution is 2.22. The second-order valence-corrected chi connectivity index (χ2v) is 11.6. The number of unbranched alkanes of at least 4 members (excludes halogenated alkanes) is 13. The molecule has 0 rings (SSSR count). The van der Waals surface area contributed by atoms with E-state index in [1.807, 2.05) is 0 Å². The van der Waals surface area contributed by atoms with Crippen molar-refractivity contribution in [2.45, 2.75) is 124 Å². The summed E-state index contributed by atoms with van der Waals surface area (Å²) in [5.41, 5.74) is 0. The largest absolute Gasteiger partial charge is 0.550 e. The summed E-state index contributed by atoms with van der Waals surface area (Å²) in [6.07, 6.45) is 22.7. The van der Waals surface area contributed by atoms with E-state index in [1.54, 1.807) is 20.8 Å². The fourth-order valence-electron chi connectivity index (χ4n) is 5.34. The lowest BCUT2D eigenvalue weighted by Gasteiger charge is -2.43. The number of hydrogen-bond acceptors (Lipinski definition) is 4. The number of hydrogen-bond donors (Lipinski definition) is 2.